The lowest BCUT2D eigenvalue weighted by molar-refractivity contribution is 0.336. The maximum atomic E-state index is 13.1. The number of pyridine rings is 1. The second-order valence-electron chi connectivity index (χ2n) is 5.96. The number of aromatic amines is 1. The number of hydrogen-bond acceptors (Lipinski definition) is 4. The van der Waals surface area contributed by atoms with Crippen LogP contribution in [-0.2, 0) is 10.0 Å². The molecule has 0 saturated carbocycles. The predicted octanol–water partition coefficient (Wildman–Crippen LogP) is 0.934. The van der Waals surface area contributed by atoms with Crippen LogP contribution in [0.4, 0.5) is 0 Å². The van der Waals surface area contributed by atoms with Gasteiger partial charge in [0.15, 0.2) is 0 Å². The average Bonchev–Trinajstić information content (AvgIpc) is 3.10. The van der Waals surface area contributed by atoms with E-state index in [1.165, 1.54) is 0 Å². The van der Waals surface area contributed by atoms with Gasteiger partial charge in [-0.1, -0.05) is 0 Å². The fraction of sp³-hybridized carbons (Fsp3) is 0.500. The average molecular weight is 306 g/mol. The molecule has 112 valence electrons. The fourth-order valence-corrected chi connectivity index (χ4v) is 5.84. The summed E-state index contributed by atoms with van der Waals surface area (Å²) in [7, 11) is -3.50. The Kier molecular flexibility index (Phi) is 2.85. The van der Waals surface area contributed by atoms with Crippen LogP contribution in [0.25, 0.3) is 11.0 Å². The van der Waals surface area contributed by atoms with E-state index in [1.54, 1.807) is 28.8 Å². The summed E-state index contributed by atoms with van der Waals surface area (Å²) in [6.45, 7) is 3.66. The molecule has 0 aromatic carbocycles. The minimum absolute atomic E-state index is 0.0497. The van der Waals surface area contributed by atoms with Gasteiger partial charge in [0.05, 0.1) is 0 Å². The molecule has 2 N–H and O–H groups in total. The van der Waals surface area contributed by atoms with E-state index in [4.69, 9.17) is 0 Å². The van der Waals surface area contributed by atoms with Crippen LogP contribution in [0, 0.1) is 5.92 Å². The maximum Gasteiger partial charge on any atom is 0.245 e. The second kappa shape index (κ2) is 4.53. The molecule has 0 radical (unpaired) electrons. The molecule has 2 fully saturated rings. The predicted molar refractivity (Wildman–Crippen MR) is 79.3 cm³/mol. The van der Waals surface area contributed by atoms with E-state index in [1.807, 2.05) is 6.92 Å². The zero-order chi connectivity index (χ0) is 14.6. The van der Waals surface area contributed by atoms with E-state index in [-0.39, 0.29) is 12.1 Å². The molecule has 2 aliphatic rings. The highest BCUT2D eigenvalue weighted by molar-refractivity contribution is 7.89. The molecule has 3 atom stereocenters. The molecule has 2 aromatic rings. The van der Waals surface area contributed by atoms with Gasteiger partial charge in [-0.25, -0.2) is 13.4 Å². The first-order chi connectivity index (χ1) is 10.1. The molecule has 0 bridgehead atoms. The summed E-state index contributed by atoms with van der Waals surface area (Å²) < 4.78 is 27.9. The molecule has 2 aliphatic heterocycles. The lowest BCUT2D eigenvalue weighted by Gasteiger charge is -2.26. The number of H-pyrrole nitrogens is 1. The lowest BCUT2D eigenvalue weighted by Crippen LogP contribution is -2.42. The van der Waals surface area contributed by atoms with E-state index in [2.05, 4.69) is 15.3 Å². The van der Waals surface area contributed by atoms with Crippen molar-refractivity contribution < 1.29 is 8.42 Å². The number of sulfonamides is 1. The summed E-state index contributed by atoms with van der Waals surface area (Å²) in [5.74, 6) is 0.429. The number of fused-ring (bicyclic) bond motifs is 2. The van der Waals surface area contributed by atoms with Gasteiger partial charge in [-0.3, -0.25) is 0 Å². The van der Waals surface area contributed by atoms with Gasteiger partial charge < -0.3 is 10.3 Å². The van der Waals surface area contributed by atoms with Crippen LogP contribution in [-0.4, -0.2) is 47.9 Å². The van der Waals surface area contributed by atoms with E-state index < -0.39 is 10.0 Å². The van der Waals surface area contributed by atoms with Crippen LogP contribution in [0.2, 0.25) is 0 Å². The fourth-order valence-electron chi connectivity index (χ4n) is 3.80. The second-order valence-corrected chi connectivity index (χ2v) is 7.77. The Bertz CT molecular complexity index is 785. The number of nitrogens with zero attached hydrogens (tertiary/aromatic N) is 2. The van der Waals surface area contributed by atoms with Crippen molar-refractivity contribution in [3.05, 3.63) is 24.5 Å². The largest absolute Gasteiger partial charge is 0.345 e. The van der Waals surface area contributed by atoms with Gasteiger partial charge in [-0.05, 0) is 37.9 Å². The van der Waals surface area contributed by atoms with Gasteiger partial charge in [-0.15, -0.1) is 0 Å². The van der Waals surface area contributed by atoms with Crippen molar-refractivity contribution in [1.82, 2.24) is 19.6 Å². The van der Waals surface area contributed by atoms with Crippen molar-refractivity contribution in [2.45, 2.75) is 30.3 Å². The minimum Gasteiger partial charge on any atom is -0.345 e. The molecule has 21 heavy (non-hydrogen) atoms. The zero-order valence-corrected chi connectivity index (χ0v) is 12.6. The smallest absolute Gasteiger partial charge is 0.245 e. The van der Waals surface area contributed by atoms with Crippen molar-refractivity contribution in [1.29, 1.82) is 0 Å². The van der Waals surface area contributed by atoms with Gasteiger partial charge in [0.2, 0.25) is 10.0 Å². The van der Waals surface area contributed by atoms with Crippen molar-refractivity contribution in [2.75, 3.05) is 13.1 Å². The van der Waals surface area contributed by atoms with Gasteiger partial charge in [-0.2, -0.15) is 4.31 Å². The Morgan fingerprint density at radius 1 is 1.38 bits per heavy atom. The molecule has 0 aliphatic carbocycles. The topological polar surface area (TPSA) is 78.1 Å². The van der Waals surface area contributed by atoms with Crippen LogP contribution in [0.15, 0.2) is 29.4 Å². The van der Waals surface area contributed by atoms with Crippen LogP contribution in [0.3, 0.4) is 0 Å². The van der Waals surface area contributed by atoms with Crippen LogP contribution < -0.4 is 5.32 Å². The molecule has 0 spiro atoms. The number of aromatic nitrogens is 2. The molecule has 6 nitrogen and oxygen atoms in total. The Morgan fingerprint density at radius 2 is 2.24 bits per heavy atom. The standard InChI is InChI=1S/C14H18N4O2S/c1-9-5-10-6-15-7-12(10)18(9)21(19,20)13-8-17-14-11(13)3-2-4-16-14/h2-4,8-10,12,15H,5-7H2,1H3,(H,16,17). The third-order valence-corrected chi connectivity index (χ3v) is 6.76. The molecule has 7 heteroatoms. The molecular weight excluding hydrogens is 288 g/mol. The summed E-state index contributed by atoms with van der Waals surface area (Å²) in [6, 6.07) is 3.69. The van der Waals surface area contributed by atoms with E-state index in [0.29, 0.717) is 21.8 Å². The van der Waals surface area contributed by atoms with E-state index in [9.17, 15) is 8.42 Å². The molecule has 3 unspecified atom stereocenters. The zero-order valence-electron chi connectivity index (χ0n) is 11.8. The van der Waals surface area contributed by atoms with Crippen molar-refractivity contribution in [3.8, 4) is 0 Å². The SMILES string of the molecule is CC1CC2CNCC2N1S(=O)(=O)c1c[nH]c2ncccc12. The molecular formula is C14H18N4O2S. The van der Waals surface area contributed by atoms with Gasteiger partial charge >= 0.3 is 0 Å². The summed E-state index contributed by atoms with van der Waals surface area (Å²) in [4.78, 5) is 7.47. The Labute approximate surface area is 123 Å². The third-order valence-electron chi connectivity index (χ3n) is 4.68. The molecule has 4 rings (SSSR count). The Balaban J connectivity index is 1.83. The number of nitrogens with one attached hydrogen (secondary N) is 2. The maximum absolute atomic E-state index is 13.1. The third kappa shape index (κ3) is 1.84. The Morgan fingerprint density at radius 3 is 3.10 bits per heavy atom. The monoisotopic (exact) mass is 306 g/mol. The molecule has 0 amide bonds. The van der Waals surface area contributed by atoms with Crippen LogP contribution in [0.1, 0.15) is 13.3 Å². The van der Waals surface area contributed by atoms with E-state index in [0.717, 1.165) is 19.5 Å². The lowest BCUT2D eigenvalue weighted by atomic mass is 10.0. The van der Waals surface area contributed by atoms with Crippen molar-refractivity contribution in [3.63, 3.8) is 0 Å². The minimum atomic E-state index is -3.50. The van der Waals surface area contributed by atoms with Crippen molar-refractivity contribution >= 4 is 21.1 Å². The summed E-state index contributed by atoms with van der Waals surface area (Å²) in [6.07, 6.45) is 4.15. The van der Waals surface area contributed by atoms with Gasteiger partial charge in [0.25, 0.3) is 0 Å². The summed E-state index contributed by atoms with van der Waals surface area (Å²) >= 11 is 0. The summed E-state index contributed by atoms with van der Waals surface area (Å²) in [5.41, 5.74) is 0.615. The van der Waals surface area contributed by atoms with Crippen LogP contribution >= 0.6 is 0 Å². The first-order valence-electron chi connectivity index (χ1n) is 7.25. The summed E-state index contributed by atoms with van der Waals surface area (Å²) in [5, 5.41) is 3.97. The highest BCUT2D eigenvalue weighted by atomic mass is 32.2. The van der Waals surface area contributed by atoms with Gasteiger partial charge in [0.1, 0.15) is 10.5 Å². The number of hydrogen-bond donors (Lipinski definition) is 2. The highest BCUT2D eigenvalue weighted by Crippen LogP contribution is 2.38. The normalized spacial score (nSPS) is 30.0. The van der Waals surface area contributed by atoms with Crippen molar-refractivity contribution in [2.24, 2.45) is 5.92 Å². The molecule has 2 aromatic heterocycles. The molecule has 4 heterocycles. The molecule has 2 saturated heterocycles. The highest BCUT2D eigenvalue weighted by Gasteiger charge is 2.48. The van der Waals surface area contributed by atoms with Crippen LogP contribution in [0.5, 0.6) is 0 Å². The van der Waals surface area contributed by atoms with E-state index >= 15 is 0 Å². The number of rotatable bonds is 2. The first kappa shape index (κ1) is 13.2. The Hall–Kier alpha value is -1.44. The van der Waals surface area contributed by atoms with Gasteiger partial charge in [0, 0.05) is 36.4 Å². The quantitative estimate of drug-likeness (QED) is 0.865. The first-order valence-corrected chi connectivity index (χ1v) is 8.69.